The van der Waals surface area contributed by atoms with Crippen molar-refractivity contribution in [1.29, 1.82) is 0 Å². The second-order valence-corrected chi connectivity index (χ2v) is 24.6. The van der Waals surface area contributed by atoms with Gasteiger partial charge in [-0.1, -0.05) is 25.7 Å². The summed E-state index contributed by atoms with van der Waals surface area (Å²) in [5, 5.41) is 0. The van der Waals surface area contributed by atoms with Crippen LogP contribution in [0.15, 0.2) is 0 Å². The van der Waals surface area contributed by atoms with Gasteiger partial charge in [0.05, 0.1) is 0 Å². The number of methoxy groups -OCH3 is 1. The molecule has 0 bridgehead atoms. The van der Waals surface area contributed by atoms with E-state index in [4.69, 9.17) is 39.8 Å². The monoisotopic (exact) mass is 998 g/mol. The molecule has 0 aromatic heterocycles. The molecule has 0 rings (SSSR count). The quantitative estimate of drug-likeness (QED) is 0.0328. The molecule has 0 unspecified atom stereocenters. The Morgan fingerprint density at radius 1 is 0.333 bits per heavy atom. The molecule has 63 heavy (non-hydrogen) atoms. The lowest BCUT2D eigenvalue weighted by Crippen LogP contribution is -2.43. The summed E-state index contributed by atoms with van der Waals surface area (Å²) in [6.07, 6.45) is -9.88. The van der Waals surface area contributed by atoms with Crippen molar-refractivity contribution in [2.24, 2.45) is 5.41 Å². The average molecular weight is 999 g/mol. The van der Waals surface area contributed by atoms with Crippen molar-refractivity contribution in [1.82, 2.24) is 0 Å². The zero-order chi connectivity index (χ0) is 48.5. The summed E-state index contributed by atoms with van der Waals surface area (Å²) < 4.78 is 205. The van der Waals surface area contributed by atoms with E-state index in [9.17, 15) is 43.9 Å². The van der Waals surface area contributed by atoms with Gasteiger partial charge in [-0.3, -0.25) is 4.74 Å². The van der Waals surface area contributed by atoms with Crippen LogP contribution in [0.25, 0.3) is 0 Å². The molecule has 13 nitrogen and oxygen atoms in total. The topological polar surface area (TPSA) is 120 Å². The molecule has 0 N–H and O–H groups in total. The van der Waals surface area contributed by atoms with Crippen LogP contribution in [0.4, 0.5) is 43.9 Å². The predicted molar refractivity (Wildman–Crippen MR) is 216 cm³/mol. The molecular formula is C37H72F10O13Si3. The largest absolute Gasteiger partial charge is 0.500 e. The third-order valence-corrected chi connectivity index (χ3v) is 19.3. The van der Waals surface area contributed by atoms with Crippen LogP contribution in [0.1, 0.15) is 89.9 Å². The zero-order valence-corrected chi connectivity index (χ0v) is 41.4. The second-order valence-electron chi connectivity index (χ2n) is 15.3. The van der Waals surface area contributed by atoms with Crippen LogP contribution in [-0.2, 0) is 58.8 Å². The standard InChI is InChI=1S/C37H72F10O13Si3/c1-48-36(44,45)30-59-29-34(40,41)27-35(42,43)60-37(46,47)31-58-28-33(38,39)23-15-13-11-12-14-19-32(20-16-24-61(49-2,50-3)51-4,21-17-25-62(52-5,53-6)54-7)22-18-26-63(55-8,56-9)57-10/h11-31H2,1-10H3. The average Bonchev–Trinajstić information content (AvgIpc) is 3.21. The van der Waals surface area contributed by atoms with Crippen molar-refractivity contribution in [3.63, 3.8) is 0 Å². The number of halogens is 10. The molecule has 0 heterocycles. The van der Waals surface area contributed by atoms with Crippen LogP contribution in [0.3, 0.4) is 0 Å². The van der Waals surface area contributed by atoms with Gasteiger partial charge in [0.15, 0.2) is 0 Å². The van der Waals surface area contributed by atoms with Gasteiger partial charge in [-0.25, -0.2) is 17.6 Å². The van der Waals surface area contributed by atoms with Gasteiger partial charge in [0.25, 0.3) is 11.8 Å². The summed E-state index contributed by atoms with van der Waals surface area (Å²) in [6, 6.07) is 1.72. The fourth-order valence-corrected chi connectivity index (χ4v) is 12.4. The van der Waals surface area contributed by atoms with Gasteiger partial charge in [-0.2, -0.15) is 26.3 Å². The van der Waals surface area contributed by atoms with E-state index in [0.717, 1.165) is 51.4 Å². The van der Waals surface area contributed by atoms with E-state index < -0.39 is 95.9 Å². The fraction of sp³-hybridized carbons (Fsp3) is 1.00. The highest BCUT2D eigenvalue weighted by Crippen LogP contribution is 2.44. The summed E-state index contributed by atoms with van der Waals surface area (Å²) in [5.41, 5.74) is -0.208. The molecule has 0 aromatic rings. The molecule has 0 aliphatic carbocycles. The highest BCUT2D eigenvalue weighted by molar-refractivity contribution is 6.61. The van der Waals surface area contributed by atoms with Crippen LogP contribution in [0, 0.1) is 5.41 Å². The molecule has 0 fully saturated rings. The van der Waals surface area contributed by atoms with Gasteiger partial charge < -0.3 is 54.0 Å². The molecule has 0 aliphatic heterocycles. The lowest BCUT2D eigenvalue weighted by atomic mass is 9.72. The first kappa shape index (κ1) is 62.4. The van der Waals surface area contributed by atoms with Gasteiger partial charge in [0, 0.05) is 95.7 Å². The van der Waals surface area contributed by atoms with E-state index in [0.29, 0.717) is 44.5 Å². The summed E-state index contributed by atoms with van der Waals surface area (Å²) in [7, 11) is 5.89. The summed E-state index contributed by atoms with van der Waals surface area (Å²) in [5.74, 6) is -8.21. The predicted octanol–water partition coefficient (Wildman–Crippen LogP) is 9.81. The van der Waals surface area contributed by atoms with Crippen molar-refractivity contribution >= 4 is 26.4 Å². The Morgan fingerprint density at radius 2 is 0.651 bits per heavy atom. The third-order valence-electron chi connectivity index (χ3n) is 10.8. The van der Waals surface area contributed by atoms with Crippen molar-refractivity contribution in [3.8, 4) is 0 Å². The maximum atomic E-state index is 14.6. The Hall–Kier alpha value is -0.569. The normalized spacial score (nSPS) is 14.3. The molecule has 0 saturated heterocycles. The molecule has 0 radical (unpaired) electrons. The Bertz CT molecular complexity index is 1110. The molecule has 0 aromatic carbocycles. The Balaban J connectivity index is 5.50. The van der Waals surface area contributed by atoms with E-state index in [1.807, 2.05) is 0 Å². The summed E-state index contributed by atoms with van der Waals surface area (Å²) >= 11 is 0. The number of ether oxygens (including phenoxy) is 4. The summed E-state index contributed by atoms with van der Waals surface area (Å²) in [4.78, 5) is 0. The molecule has 380 valence electrons. The van der Waals surface area contributed by atoms with Gasteiger partial charge >= 0.3 is 44.7 Å². The molecule has 0 saturated carbocycles. The Labute approximate surface area is 369 Å². The van der Waals surface area contributed by atoms with Crippen molar-refractivity contribution in [2.45, 2.75) is 138 Å². The lowest BCUT2D eigenvalue weighted by Gasteiger charge is -2.37. The number of unbranched alkanes of at least 4 members (excludes halogenated alkanes) is 4. The smallest absolute Gasteiger partial charge is 0.377 e. The number of alkyl halides is 10. The minimum absolute atomic E-state index is 0.00672. The number of hydrogen-bond donors (Lipinski definition) is 0. The molecule has 26 heteroatoms. The Morgan fingerprint density at radius 3 is 1.02 bits per heavy atom. The van der Waals surface area contributed by atoms with E-state index >= 15 is 0 Å². The first-order valence-corrected chi connectivity index (χ1v) is 26.3. The van der Waals surface area contributed by atoms with Gasteiger partial charge in [-0.05, 0) is 56.8 Å². The van der Waals surface area contributed by atoms with Crippen molar-refractivity contribution in [2.75, 3.05) is 97.5 Å². The van der Waals surface area contributed by atoms with Crippen LogP contribution >= 0.6 is 0 Å². The maximum absolute atomic E-state index is 14.6. The number of hydrogen-bond acceptors (Lipinski definition) is 13. The highest BCUT2D eigenvalue weighted by atomic mass is 28.4. The van der Waals surface area contributed by atoms with Crippen molar-refractivity contribution in [3.05, 3.63) is 0 Å². The summed E-state index contributed by atoms with van der Waals surface area (Å²) in [6.45, 7) is -7.38. The fourth-order valence-electron chi connectivity index (χ4n) is 7.28. The molecule has 0 atom stereocenters. The molecule has 0 amide bonds. The first-order valence-electron chi connectivity index (χ1n) is 20.5. The van der Waals surface area contributed by atoms with Gasteiger partial charge in [-0.15, -0.1) is 0 Å². The molecule has 0 aliphatic rings. The van der Waals surface area contributed by atoms with Crippen LogP contribution in [0.2, 0.25) is 18.1 Å². The second kappa shape index (κ2) is 29.3. The molecular weight excluding hydrogens is 927 g/mol. The molecule has 0 spiro atoms. The van der Waals surface area contributed by atoms with Crippen LogP contribution in [0.5, 0.6) is 0 Å². The third kappa shape index (κ3) is 24.9. The minimum Gasteiger partial charge on any atom is -0.377 e. The van der Waals surface area contributed by atoms with E-state index in [1.165, 1.54) is 0 Å². The van der Waals surface area contributed by atoms with Gasteiger partial charge in [0.1, 0.15) is 32.8 Å². The number of rotatable bonds is 42. The van der Waals surface area contributed by atoms with Gasteiger partial charge in [0.2, 0.25) is 0 Å². The highest BCUT2D eigenvalue weighted by Gasteiger charge is 2.52. The van der Waals surface area contributed by atoms with Crippen LogP contribution in [-0.4, -0.2) is 154 Å². The maximum Gasteiger partial charge on any atom is 0.500 e. The van der Waals surface area contributed by atoms with E-state index in [2.05, 4.69) is 18.9 Å². The van der Waals surface area contributed by atoms with E-state index in [1.54, 1.807) is 64.0 Å². The SMILES string of the molecule is COC(F)(F)COCC(F)(F)CC(F)(F)OC(F)(F)COCC(F)(F)CCCCCCCC(CCC[Si](OC)(OC)OC)(CCC[Si](OC)(OC)OC)CCC[Si](OC)(OC)OC. The first-order chi connectivity index (χ1) is 29.3. The zero-order valence-electron chi connectivity index (χ0n) is 38.4. The van der Waals surface area contributed by atoms with E-state index in [-0.39, 0.29) is 11.8 Å². The van der Waals surface area contributed by atoms with Crippen molar-refractivity contribution < 1.29 is 103 Å². The Kier molecular flexibility index (Phi) is 29.1. The minimum atomic E-state index is -5.21. The lowest BCUT2D eigenvalue weighted by molar-refractivity contribution is -0.397. The van der Waals surface area contributed by atoms with Crippen LogP contribution < -0.4 is 0 Å².